The van der Waals surface area contributed by atoms with Gasteiger partial charge < -0.3 is 9.63 Å². The number of rotatable bonds is 2. The molecule has 3 aromatic rings. The second-order valence-corrected chi connectivity index (χ2v) is 4.66. The van der Waals surface area contributed by atoms with Crippen molar-refractivity contribution < 1.29 is 9.63 Å². The van der Waals surface area contributed by atoms with Crippen molar-refractivity contribution in [2.24, 2.45) is 0 Å². The SMILES string of the molecule is Cc1ccnc(-c2noc(-c3cc(C)ccc3O)n2)c1. The average Bonchev–Trinajstić information content (AvgIpc) is 2.91. The molecular formula is C15H13N3O2. The van der Waals surface area contributed by atoms with E-state index in [-0.39, 0.29) is 11.6 Å². The van der Waals surface area contributed by atoms with Gasteiger partial charge in [0, 0.05) is 6.20 Å². The summed E-state index contributed by atoms with van der Waals surface area (Å²) in [6, 6.07) is 9.01. The third-order valence-corrected chi connectivity index (χ3v) is 2.95. The van der Waals surface area contributed by atoms with Gasteiger partial charge >= 0.3 is 0 Å². The summed E-state index contributed by atoms with van der Waals surface area (Å²) in [5, 5.41) is 13.8. The van der Waals surface area contributed by atoms with Gasteiger partial charge in [-0.1, -0.05) is 16.8 Å². The predicted molar refractivity (Wildman–Crippen MR) is 74.1 cm³/mol. The van der Waals surface area contributed by atoms with Gasteiger partial charge in [-0.2, -0.15) is 4.98 Å². The van der Waals surface area contributed by atoms with Crippen LogP contribution >= 0.6 is 0 Å². The molecule has 0 aliphatic heterocycles. The maximum absolute atomic E-state index is 9.87. The van der Waals surface area contributed by atoms with Crippen LogP contribution in [0, 0.1) is 13.8 Å². The Morgan fingerprint density at radius 3 is 2.65 bits per heavy atom. The van der Waals surface area contributed by atoms with Crippen molar-refractivity contribution in [2.75, 3.05) is 0 Å². The molecule has 0 aliphatic carbocycles. The van der Waals surface area contributed by atoms with Crippen LogP contribution in [0.5, 0.6) is 5.75 Å². The largest absolute Gasteiger partial charge is 0.507 e. The normalized spacial score (nSPS) is 10.7. The number of hydrogen-bond donors (Lipinski definition) is 1. The minimum absolute atomic E-state index is 0.114. The number of hydrogen-bond acceptors (Lipinski definition) is 5. The van der Waals surface area contributed by atoms with Crippen molar-refractivity contribution >= 4 is 0 Å². The predicted octanol–water partition coefficient (Wildman–Crippen LogP) is 3.12. The number of phenolic OH excluding ortho intramolecular Hbond substituents is 1. The van der Waals surface area contributed by atoms with Gasteiger partial charge in [0.25, 0.3) is 5.89 Å². The summed E-state index contributed by atoms with van der Waals surface area (Å²) in [5.74, 6) is 0.803. The molecule has 1 aromatic carbocycles. The van der Waals surface area contributed by atoms with E-state index in [1.165, 1.54) is 0 Å². The Morgan fingerprint density at radius 2 is 1.85 bits per heavy atom. The van der Waals surface area contributed by atoms with E-state index in [1.807, 2.05) is 32.0 Å². The molecule has 0 unspecified atom stereocenters. The van der Waals surface area contributed by atoms with Gasteiger partial charge in [0.05, 0.1) is 5.56 Å². The van der Waals surface area contributed by atoms with Crippen LogP contribution in [0.25, 0.3) is 23.0 Å². The van der Waals surface area contributed by atoms with Crippen molar-refractivity contribution in [3.8, 4) is 28.7 Å². The monoisotopic (exact) mass is 267 g/mol. The molecule has 0 spiro atoms. The van der Waals surface area contributed by atoms with E-state index >= 15 is 0 Å². The first-order valence-electron chi connectivity index (χ1n) is 6.20. The molecule has 0 bridgehead atoms. The van der Waals surface area contributed by atoms with Crippen molar-refractivity contribution in [1.29, 1.82) is 0 Å². The molecule has 0 radical (unpaired) electrons. The molecule has 0 saturated heterocycles. The lowest BCUT2D eigenvalue weighted by molar-refractivity contribution is 0.425. The summed E-state index contributed by atoms with van der Waals surface area (Å²) < 4.78 is 5.22. The Bertz CT molecular complexity index is 765. The maximum atomic E-state index is 9.87. The van der Waals surface area contributed by atoms with Crippen molar-refractivity contribution in [3.05, 3.63) is 47.7 Å². The van der Waals surface area contributed by atoms with Crippen molar-refractivity contribution in [2.45, 2.75) is 13.8 Å². The van der Waals surface area contributed by atoms with Crippen molar-refractivity contribution in [1.82, 2.24) is 15.1 Å². The van der Waals surface area contributed by atoms with Crippen molar-refractivity contribution in [3.63, 3.8) is 0 Å². The van der Waals surface area contributed by atoms with Crippen LogP contribution in [0.15, 0.2) is 41.1 Å². The van der Waals surface area contributed by atoms with Gasteiger partial charge in [-0.3, -0.25) is 4.98 Å². The van der Waals surface area contributed by atoms with Crippen LogP contribution in [-0.2, 0) is 0 Å². The molecule has 0 aliphatic rings. The second kappa shape index (κ2) is 4.77. The Morgan fingerprint density at radius 1 is 1.05 bits per heavy atom. The van der Waals surface area contributed by atoms with Crippen LogP contribution in [-0.4, -0.2) is 20.2 Å². The molecule has 100 valence electrons. The molecule has 3 rings (SSSR count). The van der Waals surface area contributed by atoms with Gasteiger partial charge in [-0.05, 0) is 43.7 Å². The summed E-state index contributed by atoms with van der Waals surface area (Å²) in [4.78, 5) is 8.50. The number of aromatic hydroxyl groups is 1. The lowest BCUT2D eigenvalue weighted by atomic mass is 10.1. The van der Waals surface area contributed by atoms with Gasteiger partial charge in [-0.15, -0.1) is 0 Å². The number of nitrogens with zero attached hydrogens (tertiary/aromatic N) is 3. The summed E-state index contributed by atoms with van der Waals surface area (Å²) in [7, 11) is 0. The number of phenols is 1. The van der Waals surface area contributed by atoms with E-state index in [0.717, 1.165) is 11.1 Å². The first-order chi connectivity index (χ1) is 9.63. The molecule has 5 heteroatoms. The smallest absolute Gasteiger partial charge is 0.262 e. The zero-order valence-corrected chi connectivity index (χ0v) is 11.2. The number of aromatic nitrogens is 3. The molecule has 5 nitrogen and oxygen atoms in total. The minimum Gasteiger partial charge on any atom is -0.507 e. The molecule has 0 fully saturated rings. The summed E-state index contributed by atoms with van der Waals surface area (Å²) in [6.07, 6.45) is 1.70. The molecule has 0 amide bonds. The third kappa shape index (κ3) is 2.25. The lowest BCUT2D eigenvalue weighted by Crippen LogP contribution is -1.87. The van der Waals surface area contributed by atoms with E-state index in [2.05, 4.69) is 15.1 Å². The molecule has 0 atom stereocenters. The average molecular weight is 267 g/mol. The highest BCUT2D eigenvalue weighted by molar-refractivity contribution is 5.64. The highest BCUT2D eigenvalue weighted by Gasteiger charge is 2.14. The minimum atomic E-state index is 0.114. The summed E-state index contributed by atoms with van der Waals surface area (Å²) >= 11 is 0. The number of aryl methyl sites for hydroxylation is 2. The lowest BCUT2D eigenvalue weighted by Gasteiger charge is -2.00. The van der Waals surface area contributed by atoms with E-state index in [0.29, 0.717) is 17.1 Å². The molecule has 2 aromatic heterocycles. The maximum Gasteiger partial charge on any atom is 0.262 e. The highest BCUT2D eigenvalue weighted by atomic mass is 16.5. The summed E-state index contributed by atoms with van der Waals surface area (Å²) in [6.45, 7) is 3.90. The molecular weight excluding hydrogens is 254 g/mol. The van der Waals surface area contributed by atoms with E-state index in [1.54, 1.807) is 18.3 Å². The van der Waals surface area contributed by atoms with E-state index in [4.69, 9.17) is 4.52 Å². The first kappa shape index (κ1) is 12.3. The Kier molecular flexibility index (Phi) is 2.95. The Hall–Kier alpha value is -2.69. The standard InChI is InChI=1S/C15H13N3O2/c1-9-3-4-13(19)11(7-9)15-17-14(18-20-15)12-8-10(2)5-6-16-12/h3-8,19H,1-2H3. The zero-order valence-electron chi connectivity index (χ0n) is 11.2. The van der Waals surface area contributed by atoms with Crippen LogP contribution in [0.3, 0.4) is 0 Å². The zero-order chi connectivity index (χ0) is 14.1. The summed E-state index contributed by atoms with van der Waals surface area (Å²) in [5.41, 5.74) is 3.24. The van der Waals surface area contributed by atoms with Crippen LogP contribution in [0.1, 0.15) is 11.1 Å². The molecule has 20 heavy (non-hydrogen) atoms. The van der Waals surface area contributed by atoms with Crippen LogP contribution in [0.2, 0.25) is 0 Å². The quantitative estimate of drug-likeness (QED) is 0.772. The van der Waals surface area contributed by atoms with E-state index < -0.39 is 0 Å². The Labute approximate surface area is 115 Å². The first-order valence-corrected chi connectivity index (χ1v) is 6.20. The molecule has 1 N–H and O–H groups in total. The fraction of sp³-hybridized carbons (Fsp3) is 0.133. The highest BCUT2D eigenvalue weighted by Crippen LogP contribution is 2.29. The topological polar surface area (TPSA) is 72.0 Å². The number of pyridine rings is 1. The van der Waals surface area contributed by atoms with Gasteiger partial charge in [0.15, 0.2) is 0 Å². The molecule has 2 heterocycles. The second-order valence-electron chi connectivity index (χ2n) is 4.66. The molecule has 0 saturated carbocycles. The van der Waals surface area contributed by atoms with Crippen LogP contribution < -0.4 is 0 Å². The van der Waals surface area contributed by atoms with Gasteiger partial charge in [-0.25, -0.2) is 0 Å². The number of benzene rings is 1. The van der Waals surface area contributed by atoms with Gasteiger partial charge in [0.2, 0.25) is 5.82 Å². The van der Waals surface area contributed by atoms with E-state index in [9.17, 15) is 5.11 Å². The third-order valence-electron chi connectivity index (χ3n) is 2.95. The fourth-order valence-corrected chi connectivity index (χ4v) is 1.92. The van der Waals surface area contributed by atoms with Gasteiger partial charge in [0.1, 0.15) is 11.4 Å². The Balaban J connectivity index is 2.04. The van der Waals surface area contributed by atoms with Crippen LogP contribution in [0.4, 0.5) is 0 Å². The fourth-order valence-electron chi connectivity index (χ4n) is 1.92.